The number of rotatable bonds is 8. The average Bonchev–Trinajstić information content (AvgIpc) is 2.82. The zero-order valence-corrected chi connectivity index (χ0v) is 21.0. The topological polar surface area (TPSA) is 66.0 Å². The Bertz CT molecular complexity index is 802. The molecule has 3 rings (SSSR count). The van der Waals surface area contributed by atoms with E-state index in [-0.39, 0.29) is 35.8 Å². The van der Waals surface area contributed by atoms with Crippen LogP contribution >= 0.6 is 35.7 Å². The first kappa shape index (κ1) is 25.5. The fourth-order valence-corrected chi connectivity index (χ4v) is 4.10. The zero-order chi connectivity index (χ0) is 21.0. The molecule has 1 fully saturated rings. The van der Waals surface area contributed by atoms with Crippen LogP contribution < -0.4 is 10.6 Å². The molecule has 1 saturated heterocycles. The lowest BCUT2D eigenvalue weighted by molar-refractivity contribution is -0.136. The first-order chi connectivity index (χ1) is 14.8. The fraction of sp³-hybridized carbons (Fsp3) is 0.391. The van der Waals surface area contributed by atoms with Crippen LogP contribution in [-0.4, -0.2) is 69.0 Å². The lowest BCUT2D eigenvalue weighted by Gasteiger charge is -2.31. The molecular formula is C23H31IN4O2S. The molecule has 1 atom stereocenters. The van der Waals surface area contributed by atoms with E-state index in [2.05, 4.69) is 27.8 Å². The van der Waals surface area contributed by atoms with Crippen LogP contribution in [0.3, 0.4) is 0 Å². The van der Waals surface area contributed by atoms with Gasteiger partial charge in [0.1, 0.15) is 0 Å². The highest BCUT2D eigenvalue weighted by molar-refractivity contribution is 14.0. The number of hydrogen-bond donors (Lipinski definition) is 2. The van der Waals surface area contributed by atoms with E-state index >= 15 is 0 Å². The van der Waals surface area contributed by atoms with Gasteiger partial charge in [0.15, 0.2) is 5.96 Å². The van der Waals surface area contributed by atoms with Crippen LogP contribution in [0.25, 0.3) is 0 Å². The lowest BCUT2D eigenvalue weighted by atomic mass is 9.97. The molecule has 0 spiro atoms. The normalized spacial score (nSPS) is 15.0. The van der Waals surface area contributed by atoms with Crippen LogP contribution in [-0.2, 0) is 9.53 Å². The maximum Gasteiger partial charge on any atom is 0.232 e. The van der Waals surface area contributed by atoms with Crippen molar-refractivity contribution < 1.29 is 9.53 Å². The number of benzene rings is 2. The molecule has 1 amide bonds. The highest BCUT2D eigenvalue weighted by Gasteiger charge is 2.27. The number of amides is 1. The van der Waals surface area contributed by atoms with Gasteiger partial charge in [-0.25, -0.2) is 0 Å². The second-order valence-corrected chi connectivity index (χ2v) is 8.11. The molecule has 31 heavy (non-hydrogen) atoms. The number of nitrogens with one attached hydrogen (secondary N) is 2. The zero-order valence-electron chi connectivity index (χ0n) is 17.8. The van der Waals surface area contributed by atoms with Gasteiger partial charge in [-0.15, -0.1) is 35.7 Å². The van der Waals surface area contributed by atoms with Crippen LogP contribution in [0.1, 0.15) is 11.5 Å². The van der Waals surface area contributed by atoms with E-state index < -0.39 is 0 Å². The number of guanidine groups is 1. The Morgan fingerprint density at radius 2 is 1.71 bits per heavy atom. The number of ether oxygens (including phenoxy) is 1. The van der Waals surface area contributed by atoms with Gasteiger partial charge in [0.25, 0.3) is 0 Å². The van der Waals surface area contributed by atoms with Crippen LogP contribution in [0.5, 0.6) is 0 Å². The van der Waals surface area contributed by atoms with Crippen molar-refractivity contribution in [2.75, 3.05) is 52.2 Å². The largest absolute Gasteiger partial charge is 0.378 e. The van der Waals surface area contributed by atoms with E-state index in [1.54, 1.807) is 18.8 Å². The summed E-state index contributed by atoms with van der Waals surface area (Å²) in [6, 6.07) is 20.3. The van der Waals surface area contributed by atoms with Gasteiger partial charge in [-0.2, -0.15) is 0 Å². The number of morpholine rings is 1. The van der Waals surface area contributed by atoms with E-state index in [1.807, 2.05) is 53.4 Å². The average molecular weight is 554 g/mol. The number of aliphatic imine (C=N–C) groups is 1. The predicted molar refractivity (Wildman–Crippen MR) is 139 cm³/mol. The molecule has 6 nitrogen and oxygen atoms in total. The van der Waals surface area contributed by atoms with E-state index in [9.17, 15) is 4.79 Å². The molecule has 1 aliphatic heterocycles. The predicted octanol–water partition coefficient (Wildman–Crippen LogP) is 3.20. The molecule has 0 bridgehead atoms. The smallest absolute Gasteiger partial charge is 0.232 e. The Hall–Kier alpha value is -1.78. The Morgan fingerprint density at radius 1 is 1.06 bits per heavy atom. The summed E-state index contributed by atoms with van der Waals surface area (Å²) in [5, 5.41) is 6.68. The lowest BCUT2D eigenvalue weighted by Crippen LogP contribution is -2.47. The van der Waals surface area contributed by atoms with Crippen molar-refractivity contribution in [1.29, 1.82) is 0 Å². The molecule has 2 aromatic rings. The van der Waals surface area contributed by atoms with Gasteiger partial charge in [-0.1, -0.05) is 48.5 Å². The van der Waals surface area contributed by atoms with Crippen LogP contribution in [0, 0.1) is 0 Å². The van der Waals surface area contributed by atoms with Gasteiger partial charge in [0.05, 0.1) is 19.1 Å². The van der Waals surface area contributed by atoms with Gasteiger partial charge in [-0.3, -0.25) is 9.79 Å². The standard InChI is InChI=1S/C23H30N4O2S.HI/c1-24-23(25-12-17-30-20-10-6-3-7-11-20)26-18-21(19-8-4-2-5-9-19)22(28)27-13-15-29-16-14-27;/h2-11,21H,12-18H2,1H3,(H2,24,25,26);1H. The molecule has 8 heteroatoms. The van der Waals surface area contributed by atoms with Gasteiger partial charge >= 0.3 is 0 Å². The Labute approximate surface area is 206 Å². The molecule has 1 heterocycles. The summed E-state index contributed by atoms with van der Waals surface area (Å²) < 4.78 is 5.40. The van der Waals surface area contributed by atoms with Crippen molar-refractivity contribution in [2.24, 2.45) is 4.99 Å². The maximum atomic E-state index is 13.2. The molecule has 2 aromatic carbocycles. The van der Waals surface area contributed by atoms with Crippen molar-refractivity contribution >= 4 is 47.6 Å². The second-order valence-electron chi connectivity index (χ2n) is 6.94. The van der Waals surface area contributed by atoms with E-state index in [0.717, 1.165) is 17.9 Å². The Kier molecular flexibility index (Phi) is 11.8. The molecule has 1 aliphatic rings. The third-order valence-electron chi connectivity index (χ3n) is 4.93. The van der Waals surface area contributed by atoms with Gasteiger partial charge in [0.2, 0.25) is 5.91 Å². The maximum absolute atomic E-state index is 13.2. The van der Waals surface area contributed by atoms with Crippen LogP contribution in [0.2, 0.25) is 0 Å². The number of carbonyl (C=O) groups is 1. The first-order valence-electron chi connectivity index (χ1n) is 10.3. The quantitative estimate of drug-likeness (QED) is 0.173. The van der Waals surface area contributed by atoms with E-state index in [1.165, 1.54) is 4.90 Å². The van der Waals surface area contributed by atoms with Crippen molar-refractivity contribution in [3.8, 4) is 0 Å². The summed E-state index contributed by atoms with van der Waals surface area (Å²) in [7, 11) is 1.75. The summed E-state index contributed by atoms with van der Waals surface area (Å²) in [6.07, 6.45) is 0. The highest BCUT2D eigenvalue weighted by Crippen LogP contribution is 2.19. The number of halogens is 1. The summed E-state index contributed by atoms with van der Waals surface area (Å²) >= 11 is 1.80. The summed E-state index contributed by atoms with van der Waals surface area (Å²) in [5.74, 6) is 1.51. The number of nitrogens with zero attached hydrogens (tertiary/aromatic N) is 2. The van der Waals surface area contributed by atoms with Crippen molar-refractivity contribution in [3.05, 3.63) is 66.2 Å². The van der Waals surface area contributed by atoms with Gasteiger partial charge < -0.3 is 20.3 Å². The molecule has 2 N–H and O–H groups in total. The Balaban J connectivity index is 0.00000341. The monoisotopic (exact) mass is 554 g/mol. The first-order valence-corrected chi connectivity index (χ1v) is 11.3. The minimum atomic E-state index is -0.262. The minimum Gasteiger partial charge on any atom is -0.378 e. The van der Waals surface area contributed by atoms with Crippen LogP contribution in [0.4, 0.5) is 0 Å². The van der Waals surface area contributed by atoms with Crippen LogP contribution in [0.15, 0.2) is 70.6 Å². The summed E-state index contributed by atoms with van der Waals surface area (Å²) in [5.41, 5.74) is 1.01. The van der Waals surface area contributed by atoms with Gasteiger partial charge in [-0.05, 0) is 17.7 Å². The fourth-order valence-electron chi connectivity index (χ4n) is 3.31. The van der Waals surface area contributed by atoms with Gasteiger partial charge in [0, 0.05) is 43.9 Å². The molecule has 0 aliphatic carbocycles. The van der Waals surface area contributed by atoms with Crippen molar-refractivity contribution in [1.82, 2.24) is 15.5 Å². The molecule has 0 saturated carbocycles. The minimum absolute atomic E-state index is 0. The van der Waals surface area contributed by atoms with E-state index in [4.69, 9.17) is 4.74 Å². The number of hydrogen-bond acceptors (Lipinski definition) is 4. The molecule has 0 radical (unpaired) electrons. The molecule has 1 unspecified atom stereocenters. The second kappa shape index (κ2) is 14.3. The number of thioether (sulfide) groups is 1. The molecule has 0 aromatic heterocycles. The number of carbonyl (C=O) groups excluding carboxylic acids is 1. The highest BCUT2D eigenvalue weighted by atomic mass is 127. The van der Waals surface area contributed by atoms with Crippen molar-refractivity contribution in [2.45, 2.75) is 10.8 Å². The molecule has 168 valence electrons. The van der Waals surface area contributed by atoms with E-state index in [0.29, 0.717) is 38.8 Å². The third kappa shape index (κ3) is 8.34. The van der Waals surface area contributed by atoms with Crippen molar-refractivity contribution in [3.63, 3.8) is 0 Å². The summed E-state index contributed by atoms with van der Waals surface area (Å²) in [4.78, 5) is 20.6. The molecular weight excluding hydrogens is 523 g/mol. The SMILES string of the molecule is CN=C(NCCSc1ccccc1)NCC(C(=O)N1CCOCC1)c1ccccc1.I. The summed E-state index contributed by atoms with van der Waals surface area (Å²) in [6.45, 7) is 3.77. The third-order valence-corrected chi connectivity index (χ3v) is 5.94. The Morgan fingerprint density at radius 3 is 2.35 bits per heavy atom.